The summed E-state index contributed by atoms with van der Waals surface area (Å²) < 4.78 is 34.2. The molecule has 1 aliphatic rings. The molecule has 0 bridgehead atoms. The third kappa shape index (κ3) is 9.49. The summed E-state index contributed by atoms with van der Waals surface area (Å²) in [4.78, 5) is 13.1. The summed E-state index contributed by atoms with van der Waals surface area (Å²) in [5.41, 5.74) is 3.60. The van der Waals surface area contributed by atoms with E-state index in [1.165, 1.54) is 4.46 Å². The molecule has 1 fully saturated rings. The Bertz CT molecular complexity index is 1620. The molecular weight excluding hydrogens is 655 g/mol. The Morgan fingerprint density at radius 1 is 0.532 bits per heavy atom. The molecule has 7 heteroatoms. The van der Waals surface area contributed by atoms with E-state index in [0.717, 1.165) is 16.7 Å². The van der Waals surface area contributed by atoms with Gasteiger partial charge in [-0.25, -0.2) is 0 Å². The van der Waals surface area contributed by atoms with Crippen LogP contribution in [-0.2, 0) is 43.5 Å². The van der Waals surface area contributed by atoms with E-state index in [0.29, 0.717) is 25.4 Å². The van der Waals surface area contributed by atoms with Crippen LogP contribution >= 0.6 is 0 Å². The summed E-state index contributed by atoms with van der Waals surface area (Å²) in [6, 6.07) is 49.5. The molecule has 0 saturated carbocycles. The number of esters is 1. The second-order valence-corrected chi connectivity index (χ2v) is 13.7. The summed E-state index contributed by atoms with van der Waals surface area (Å²) in [7, 11) is 0. The summed E-state index contributed by atoms with van der Waals surface area (Å²) in [5, 5.41) is -0.341. The molecule has 0 unspecified atom stereocenters. The van der Waals surface area contributed by atoms with Crippen molar-refractivity contribution in [1.82, 2.24) is 0 Å². The van der Waals surface area contributed by atoms with E-state index in [1.54, 1.807) is 12.1 Å². The molecule has 47 heavy (non-hydrogen) atoms. The Morgan fingerprint density at radius 2 is 0.957 bits per heavy atom. The van der Waals surface area contributed by atoms with E-state index in [-0.39, 0.29) is 26.6 Å². The van der Waals surface area contributed by atoms with Crippen LogP contribution < -0.4 is 4.46 Å². The van der Waals surface area contributed by atoms with Gasteiger partial charge >= 0.3 is 284 Å². The zero-order chi connectivity index (χ0) is 32.1. The predicted molar refractivity (Wildman–Crippen MR) is 182 cm³/mol. The molecule has 0 spiro atoms. The maximum atomic E-state index is 13.1. The molecule has 5 atom stereocenters. The fraction of sp³-hybridized carbons (Fsp3) is 0.225. The molecule has 5 aromatic carbocycles. The van der Waals surface area contributed by atoms with Crippen molar-refractivity contribution in [1.29, 1.82) is 0 Å². The summed E-state index contributed by atoms with van der Waals surface area (Å²) in [6.07, 6.45) is -2.17. The van der Waals surface area contributed by atoms with E-state index >= 15 is 0 Å². The maximum absolute atomic E-state index is 13.1. The van der Waals surface area contributed by atoms with Gasteiger partial charge in [-0.2, -0.15) is 0 Å². The van der Waals surface area contributed by atoms with E-state index in [2.05, 4.69) is 24.3 Å². The molecule has 0 aromatic heterocycles. The van der Waals surface area contributed by atoms with Gasteiger partial charge < -0.3 is 0 Å². The van der Waals surface area contributed by atoms with Crippen LogP contribution in [0.3, 0.4) is 0 Å². The van der Waals surface area contributed by atoms with Gasteiger partial charge in [-0.05, 0) is 0 Å². The number of rotatable bonds is 14. The fourth-order valence-corrected chi connectivity index (χ4v) is 7.83. The minimum absolute atomic E-state index is 0.00511. The number of carbonyl (C=O) groups is 1. The van der Waals surface area contributed by atoms with Gasteiger partial charge in [-0.3, -0.25) is 0 Å². The first-order chi connectivity index (χ1) is 23.2. The molecule has 240 valence electrons. The van der Waals surface area contributed by atoms with Gasteiger partial charge in [0.05, 0.1) is 0 Å². The first kappa shape index (κ1) is 32.9. The van der Waals surface area contributed by atoms with Crippen molar-refractivity contribution in [3.8, 4) is 0 Å². The molecule has 0 aliphatic carbocycles. The molecule has 1 aliphatic heterocycles. The molecule has 1 saturated heterocycles. The average Bonchev–Trinajstić information content (AvgIpc) is 3.14. The van der Waals surface area contributed by atoms with E-state index in [9.17, 15) is 4.79 Å². The zero-order valence-corrected chi connectivity index (χ0v) is 27.7. The van der Waals surface area contributed by atoms with E-state index in [4.69, 9.17) is 23.7 Å². The average molecular weight is 694 g/mol. The van der Waals surface area contributed by atoms with Gasteiger partial charge in [-0.1, -0.05) is 0 Å². The van der Waals surface area contributed by atoms with Crippen LogP contribution in [0.25, 0.3) is 0 Å². The van der Waals surface area contributed by atoms with E-state index < -0.39 is 30.4 Å². The van der Waals surface area contributed by atoms with Gasteiger partial charge in [0, 0.05) is 0 Å². The number of benzene rings is 5. The van der Waals surface area contributed by atoms with Crippen molar-refractivity contribution >= 4 is 25.4 Å². The summed E-state index contributed by atoms with van der Waals surface area (Å²) >= 11 is -0.150. The Morgan fingerprint density at radius 3 is 1.47 bits per heavy atom. The van der Waals surface area contributed by atoms with Crippen molar-refractivity contribution in [2.45, 2.75) is 49.2 Å². The van der Waals surface area contributed by atoms with Crippen LogP contribution in [0.2, 0.25) is 0 Å². The second kappa shape index (κ2) is 17.2. The van der Waals surface area contributed by atoms with Crippen molar-refractivity contribution in [2.75, 3.05) is 6.61 Å². The normalized spacial score (nSPS) is 20.8. The number of ether oxygens (including phenoxy) is 5. The number of carbonyl (C=O) groups excluding carboxylic acids is 1. The van der Waals surface area contributed by atoms with Crippen LogP contribution in [0.1, 0.15) is 27.0 Å². The minimum atomic E-state index is -0.598. The molecule has 0 N–H and O–H groups in total. The summed E-state index contributed by atoms with van der Waals surface area (Å²) in [5.74, 6) is -0.412. The van der Waals surface area contributed by atoms with Crippen molar-refractivity contribution < 1.29 is 28.5 Å². The van der Waals surface area contributed by atoms with Gasteiger partial charge in [0.15, 0.2) is 0 Å². The molecule has 0 amide bonds. The molecule has 6 nitrogen and oxygen atoms in total. The topological polar surface area (TPSA) is 63.2 Å². The number of hydrogen-bond acceptors (Lipinski definition) is 6. The third-order valence-corrected chi connectivity index (χ3v) is 10.3. The van der Waals surface area contributed by atoms with Gasteiger partial charge in [-0.15, -0.1) is 0 Å². The van der Waals surface area contributed by atoms with Crippen LogP contribution in [0.4, 0.5) is 0 Å². The van der Waals surface area contributed by atoms with Crippen LogP contribution in [0.5, 0.6) is 0 Å². The first-order valence-corrected chi connectivity index (χ1v) is 17.6. The Labute approximate surface area is 282 Å². The predicted octanol–water partition coefficient (Wildman–Crippen LogP) is 6.35. The molecule has 1 heterocycles. The van der Waals surface area contributed by atoms with Gasteiger partial charge in [0.1, 0.15) is 0 Å². The molecule has 5 aromatic rings. The van der Waals surface area contributed by atoms with Crippen molar-refractivity contribution in [3.05, 3.63) is 174 Å². The summed E-state index contributed by atoms with van der Waals surface area (Å²) in [6.45, 7) is 1.10. The van der Waals surface area contributed by atoms with Crippen molar-refractivity contribution in [2.24, 2.45) is 0 Å². The standard InChI is InChI=1S/C40H38O6Se/c41-39(33-22-12-4-13-23-33)45-29-35-36(42-26-30-16-6-1-7-17-30)37(43-27-31-18-8-2-9-19-31)38(44-28-32-20-10-3-11-21-32)40(46-35)47-34-24-14-5-15-25-34/h1-25,35-38,40H,26-29H2/t35-,36-,37+,38+,40-/m1/s1. The van der Waals surface area contributed by atoms with E-state index in [1.807, 2.05) is 115 Å². The van der Waals surface area contributed by atoms with Gasteiger partial charge in [0.2, 0.25) is 0 Å². The fourth-order valence-electron chi connectivity index (χ4n) is 5.42. The molecule has 0 radical (unpaired) electrons. The zero-order valence-electron chi connectivity index (χ0n) is 26.0. The van der Waals surface area contributed by atoms with Crippen molar-refractivity contribution in [3.63, 3.8) is 0 Å². The van der Waals surface area contributed by atoms with Crippen LogP contribution in [-0.4, -0.2) is 57.0 Å². The Hall–Kier alpha value is -4.07. The van der Waals surface area contributed by atoms with Crippen LogP contribution in [0, 0.1) is 0 Å². The third-order valence-electron chi connectivity index (χ3n) is 7.83. The molecular formula is C40H38O6Se. The van der Waals surface area contributed by atoms with Crippen LogP contribution in [0.15, 0.2) is 152 Å². The molecule has 6 rings (SSSR count). The SMILES string of the molecule is O=C(OC[C@H]1O[C@H]([Se]c2ccccc2)[C@@H](OCc2ccccc2)[C@@H](OCc2ccccc2)[C@@H]1OCc1ccccc1)c1ccccc1. The van der Waals surface area contributed by atoms with Gasteiger partial charge in [0.25, 0.3) is 0 Å². The Balaban J connectivity index is 1.33. The first-order valence-electron chi connectivity index (χ1n) is 15.8. The number of hydrogen-bond donors (Lipinski definition) is 0. The second-order valence-electron chi connectivity index (χ2n) is 11.2. The monoisotopic (exact) mass is 694 g/mol. The quantitative estimate of drug-likeness (QED) is 0.0998. The Kier molecular flexibility index (Phi) is 12.0.